The van der Waals surface area contributed by atoms with Crippen molar-refractivity contribution >= 4 is 17.5 Å². The standard InChI is InChI=1S/C12H15N3O4/c1-8-3-2-6-14(11(8)12(16)17)9-4-5-10(13-7-9)15(18)19/h4-5,7-8,11H,2-3,6H2,1H3,(H,16,17). The van der Waals surface area contributed by atoms with Crippen molar-refractivity contribution in [2.75, 3.05) is 11.4 Å². The normalized spacial score (nSPS) is 23.1. The zero-order chi connectivity index (χ0) is 14.0. The Morgan fingerprint density at radius 3 is 2.84 bits per heavy atom. The molecule has 102 valence electrons. The molecule has 1 N–H and O–H groups in total. The molecule has 1 aromatic heterocycles. The Morgan fingerprint density at radius 2 is 2.32 bits per heavy atom. The number of carboxylic acids is 1. The van der Waals surface area contributed by atoms with Gasteiger partial charge in [-0.2, -0.15) is 0 Å². The molecule has 2 rings (SSSR count). The topological polar surface area (TPSA) is 96.6 Å². The van der Waals surface area contributed by atoms with Crippen LogP contribution >= 0.6 is 0 Å². The highest BCUT2D eigenvalue weighted by atomic mass is 16.6. The number of piperidine rings is 1. The number of aliphatic carboxylic acids is 1. The van der Waals surface area contributed by atoms with Crippen molar-refractivity contribution < 1.29 is 14.8 Å². The maximum atomic E-state index is 11.4. The maximum absolute atomic E-state index is 11.4. The number of nitrogens with zero attached hydrogens (tertiary/aromatic N) is 3. The first-order chi connectivity index (χ1) is 9.00. The fourth-order valence-corrected chi connectivity index (χ4v) is 2.51. The monoisotopic (exact) mass is 265 g/mol. The number of hydrogen-bond donors (Lipinski definition) is 1. The van der Waals surface area contributed by atoms with Gasteiger partial charge in [0.1, 0.15) is 6.04 Å². The first-order valence-corrected chi connectivity index (χ1v) is 6.10. The van der Waals surface area contributed by atoms with Gasteiger partial charge >= 0.3 is 11.8 Å². The van der Waals surface area contributed by atoms with Gasteiger partial charge in [-0.15, -0.1) is 0 Å². The molecular formula is C12H15N3O4. The third kappa shape index (κ3) is 2.64. The molecule has 0 spiro atoms. The first-order valence-electron chi connectivity index (χ1n) is 6.10. The molecule has 0 bridgehead atoms. The van der Waals surface area contributed by atoms with Crippen molar-refractivity contribution in [1.29, 1.82) is 0 Å². The number of anilines is 1. The van der Waals surface area contributed by atoms with E-state index < -0.39 is 16.9 Å². The Balaban J connectivity index is 2.27. The Bertz CT molecular complexity index is 488. The molecule has 0 aromatic carbocycles. The molecule has 2 heterocycles. The molecular weight excluding hydrogens is 250 g/mol. The summed E-state index contributed by atoms with van der Waals surface area (Å²) in [6, 6.07) is 2.25. The molecule has 7 nitrogen and oxygen atoms in total. The fourth-order valence-electron chi connectivity index (χ4n) is 2.51. The Hall–Kier alpha value is -2.18. The van der Waals surface area contributed by atoms with E-state index in [1.807, 2.05) is 6.92 Å². The van der Waals surface area contributed by atoms with Crippen LogP contribution in [0, 0.1) is 16.0 Å². The molecule has 1 aromatic rings. The average molecular weight is 265 g/mol. The van der Waals surface area contributed by atoms with Crippen molar-refractivity contribution in [1.82, 2.24) is 4.98 Å². The van der Waals surface area contributed by atoms with Crippen LogP contribution in [0.5, 0.6) is 0 Å². The lowest BCUT2D eigenvalue weighted by Crippen LogP contribution is -2.49. The second kappa shape index (κ2) is 5.21. The van der Waals surface area contributed by atoms with Gasteiger partial charge in [-0.3, -0.25) is 0 Å². The Labute approximate surface area is 110 Å². The smallest absolute Gasteiger partial charge is 0.363 e. The number of aromatic nitrogens is 1. The molecule has 0 radical (unpaired) electrons. The van der Waals surface area contributed by atoms with Crippen LogP contribution in [0.1, 0.15) is 19.8 Å². The van der Waals surface area contributed by atoms with Crippen LogP contribution in [0.2, 0.25) is 0 Å². The molecule has 0 amide bonds. The van der Waals surface area contributed by atoms with Gasteiger partial charge in [-0.1, -0.05) is 6.92 Å². The summed E-state index contributed by atoms with van der Waals surface area (Å²) in [6.07, 6.45) is 3.14. The summed E-state index contributed by atoms with van der Waals surface area (Å²) < 4.78 is 0. The van der Waals surface area contributed by atoms with E-state index in [1.54, 1.807) is 11.0 Å². The first kappa shape index (κ1) is 13.3. The lowest BCUT2D eigenvalue weighted by molar-refractivity contribution is -0.389. The van der Waals surface area contributed by atoms with E-state index in [-0.39, 0.29) is 11.7 Å². The highest BCUT2D eigenvalue weighted by Gasteiger charge is 2.34. The molecule has 0 saturated carbocycles. The molecule has 7 heteroatoms. The van der Waals surface area contributed by atoms with E-state index in [0.717, 1.165) is 12.8 Å². The van der Waals surface area contributed by atoms with Crippen molar-refractivity contribution in [2.24, 2.45) is 5.92 Å². The number of hydrogen-bond acceptors (Lipinski definition) is 5. The average Bonchev–Trinajstić information content (AvgIpc) is 2.38. The second-order valence-electron chi connectivity index (χ2n) is 4.73. The van der Waals surface area contributed by atoms with E-state index in [2.05, 4.69) is 4.98 Å². The summed E-state index contributed by atoms with van der Waals surface area (Å²) in [7, 11) is 0. The van der Waals surface area contributed by atoms with Gasteiger partial charge in [0.2, 0.25) is 0 Å². The van der Waals surface area contributed by atoms with Crippen molar-refractivity contribution in [3.63, 3.8) is 0 Å². The minimum absolute atomic E-state index is 0.0430. The number of carboxylic acid groups (broad SMARTS) is 1. The molecule has 19 heavy (non-hydrogen) atoms. The van der Waals surface area contributed by atoms with Crippen molar-refractivity contribution in [3.8, 4) is 0 Å². The van der Waals surface area contributed by atoms with Crippen molar-refractivity contribution in [2.45, 2.75) is 25.8 Å². The molecule has 1 aliphatic rings. The zero-order valence-electron chi connectivity index (χ0n) is 10.5. The number of nitro groups is 1. The Morgan fingerprint density at radius 1 is 1.58 bits per heavy atom. The third-order valence-electron chi connectivity index (χ3n) is 3.44. The van der Waals surface area contributed by atoms with E-state index in [0.29, 0.717) is 12.2 Å². The molecule has 1 saturated heterocycles. The van der Waals surface area contributed by atoms with Crippen LogP contribution in [-0.4, -0.2) is 33.6 Å². The molecule has 1 fully saturated rings. The predicted octanol–water partition coefficient (Wildman–Crippen LogP) is 1.68. The van der Waals surface area contributed by atoms with E-state index in [9.17, 15) is 20.0 Å². The fraction of sp³-hybridized carbons (Fsp3) is 0.500. The summed E-state index contributed by atoms with van der Waals surface area (Å²) in [4.78, 5) is 26.8. The minimum atomic E-state index is -0.870. The van der Waals surface area contributed by atoms with Gasteiger partial charge < -0.3 is 20.1 Å². The SMILES string of the molecule is CC1CCCN(c2ccc([N+](=O)[O-])nc2)C1C(=O)O. The van der Waals surface area contributed by atoms with Crippen LogP contribution in [-0.2, 0) is 4.79 Å². The molecule has 0 aliphatic carbocycles. The van der Waals surface area contributed by atoms with Crippen LogP contribution in [0.15, 0.2) is 18.3 Å². The predicted molar refractivity (Wildman–Crippen MR) is 68.1 cm³/mol. The largest absolute Gasteiger partial charge is 0.480 e. The quantitative estimate of drug-likeness (QED) is 0.659. The van der Waals surface area contributed by atoms with E-state index in [4.69, 9.17) is 0 Å². The molecule has 1 aliphatic heterocycles. The molecule has 2 atom stereocenters. The summed E-state index contributed by atoms with van der Waals surface area (Å²) in [5.41, 5.74) is 0.615. The van der Waals surface area contributed by atoms with Gasteiger partial charge in [-0.05, 0) is 34.7 Å². The number of carbonyl (C=O) groups is 1. The summed E-state index contributed by atoms with van der Waals surface area (Å²) >= 11 is 0. The summed E-state index contributed by atoms with van der Waals surface area (Å²) in [5.74, 6) is -1.06. The highest BCUT2D eigenvalue weighted by Crippen LogP contribution is 2.29. The maximum Gasteiger partial charge on any atom is 0.363 e. The van der Waals surface area contributed by atoms with Gasteiger partial charge in [0.05, 0.1) is 5.69 Å². The summed E-state index contributed by atoms with van der Waals surface area (Å²) in [6.45, 7) is 2.53. The number of pyridine rings is 1. The molecule has 2 unspecified atom stereocenters. The van der Waals surface area contributed by atoms with Crippen LogP contribution in [0.3, 0.4) is 0 Å². The van der Waals surface area contributed by atoms with Crippen LogP contribution in [0.25, 0.3) is 0 Å². The third-order valence-corrected chi connectivity index (χ3v) is 3.44. The van der Waals surface area contributed by atoms with Crippen LogP contribution in [0.4, 0.5) is 11.5 Å². The van der Waals surface area contributed by atoms with Gasteiger partial charge in [0.25, 0.3) is 0 Å². The zero-order valence-corrected chi connectivity index (χ0v) is 10.5. The van der Waals surface area contributed by atoms with E-state index >= 15 is 0 Å². The highest BCUT2D eigenvalue weighted by molar-refractivity contribution is 5.78. The minimum Gasteiger partial charge on any atom is -0.480 e. The second-order valence-corrected chi connectivity index (χ2v) is 4.73. The summed E-state index contributed by atoms with van der Waals surface area (Å²) in [5, 5.41) is 19.9. The lowest BCUT2D eigenvalue weighted by Gasteiger charge is -2.38. The van der Waals surface area contributed by atoms with Crippen LogP contribution < -0.4 is 4.90 Å². The van der Waals surface area contributed by atoms with Gasteiger partial charge in [-0.25, -0.2) is 4.79 Å². The number of rotatable bonds is 3. The lowest BCUT2D eigenvalue weighted by atomic mass is 9.90. The Kier molecular flexibility index (Phi) is 3.64. The van der Waals surface area contributed by atoms with Crippen molar-refractivity contribution in [3.05, 3.63) is 28.4 Å². The van der Waals surface area contributed by atoms with Gasteiger partial charge in [0.15, 0.2) is 6.20 Å². The van der Waals surface area contributed by atoms with E-state index in [1.165, 1.54) is 12.3 Å². The van der Waals surface area contributed by atoms with Gasteiger partial charge in [0, 0.05) is 12.6 Å².